The van der Waals surface area contributed by atoms with Crippen LogP contribution in [0.15, 0.2) is 18.2 Å². The molecule has 2 rings (SSSR count). The van der Waals surface area contributed by atoms with Crippen LogP contribution < -0.4 is 10.6 Å². The van der Waals surface area contributed by atoms with Gasteiger partial charge >= 0.3 is 0 Å². The van der Waals surface area contributed by atoms with Gasteiger partial charge in [0.1, 0.15) is 5.75 Å². The lowest BCUT2D eigenvalue weighted by atomic mass is 10.0. The van der Waals surface area contributed by atoms with Crippen molar-refractivity contribution in [3.8, 4) is 5.75 Å². The molecule has 4 heteroatoms. The van der Waals surface area contributed by atoms with Crippen molar-refractivity contribution in [1.29, 1.82) is 0 Å². The maximum absolute atomic E-state index is 11.8. The summed E-state index contributed by atoms with van der Waals surface area (Å²) in [6, 6.07) is 5.19. The standard InChI is InChI=1S/C14H20N2O2/c1-10-2-4-12(8-13(10)17)16-14(18)5-3-11-6-7-15-9-11/h2,4,8,11,15,17H,3,5-7,9H2,1H3,(H,16,18). The Balaban J connectivity index is 1.80. The lowest BCUT2D eigenvalue weighted by molar-refractivity contribution is -0.116. The Bertz CT molecular complexity index is 426. The van der Waals surface area contributed by atoms with Gasteiger partial charge in [0.2, 0.25) is 5.91 Å². The smallest absolute Gasteiger partial charge is 0.224 e. The molecule has 1 aliphatic heterocycles. The van der Waals surface area contributed by atoms with E-state index in [0.29, 0.717) is 18.0 Å². The maximum atomic E-state index is 11.8. The molecule has 1 aliphatic rings. The number of hydrogen-bond donors (Lipinski definition) is 3. The second kappa shape index (κ2) is 5.87. The third-order valence-corrected chi connectivity index (χ3v) is 3.43. The van der Waals surface area contributed by atoms with Crippen LogP contribution >= 0.6 is 0 Å². The van der Waals surface area contributed by atoms with Crippen LogP contribution in [0.3, 0.4) is 0 Å². The van der Waals surface area contributed by atoms with Gasteiger partial charge in [0.25, 0.3) is 0 Å². The molecule has 3 N–H and O–H groups in total. The molecule has 1 atom stereocenters. The van der Waals surface area contributed by atoms with Crippen LogP contribution in [-0.2, 0) is 4.79 Å². The molecular weight excluding hydrogens is 228 g/mol. The van der Waals surface area contributed by atoms with E-state index < -0.39 is 0 Å². The van der Waals surface area contributed by atoms with E-state index in [2.05, 4.69) is 10.6 Å². The number of benzene rings is 1. The minimum absolute atomic E-state index is 0.0187. The summed E-state index contributed by atoms with van der Waals surface area (Å²) in [7, 11) is 0. The van der Waals surface area contributed by atoms with Crippen LogP contribution in [0.1, 0.15) is 24.8 Å². The monoisotopic (exact) mass is 248 g/mol. The first-order chi connectivity index (χ1) is 8.65. The van der Waals surface area contributed by atoms with Crippen molar-refractivity contribution >= 4 is 11.6 Å². The minimum Gasteiger partial charge on any atom is -0.508 e. The average Bonchev–Trinajstić information content (AvgIpc) is 2.84. The molecule has 0 bridgehead atoms. The van der Waals surface area contributed by atoms with Crippen molar-refractivity contribution in [2.45, 2.75) is 26.2 Å². The van der Waals surface area contributed by atoms with E-state index in [1.54, 1.807) is 12.1 Å². The van der Waals surface area contributed by atoms with Crippen LogP contribution in [0.25, 0.3) is 0 Å². The summed E-state index contributed by atoms with van der Waals surface area (Å²) in [5.41, 5.74) is 1.47. The Morgan fingerprint density at radius 2 is 2.39 bits per heavy atom. The molecule has 1 heterocycles. The number of phenols is 1. The first-order valence-electron chi connectivity index (χ1n) is 6.45. The van der Waals surface area contributed by atoms with E-state index in [1.807, 2.05) is 13.0 Å². The highest BCUT2D eigenvalue weighted by Crippen LogP contribution is 2.21. The Kier molecular flexibility index (Phi) is 4.20. The first-order valence-corrected chi connectivity index (χ1v) is 6.45. The molecule has 4 nitrogen and oxygen atoms in total. The predicted octanol–water partition coefficient (Wildman–Crippen LogP) is 2.03. The fourth-order valence-corrected chi connectivity index (χ4v) is 2.21. The molecule has 0 radical (unpaired) electrons. The minimum atomic E-state index is 0.0187. The van der Waals surface area contributed by atoms with Crippen molar-refractivity contribution in [1.82, 2.24) is 5.32 Å². The number of carbonyl (C=O) groups excluding carboxylic acids is 1. The number of carbonyl (C=O) groups is 1. The molecule has 0 aromatic heterocycles. The highest BCUT2D eigenvalue weighted by Gasteiger charge is 2.15. The first kappa shape index (κ1) is 12.9. The molecule has 1 fully saturated rings. The van der Waals surface area contributed by atoms with Crippen molar-refractivity contribution in [2.24, 2.45) is 5.92 Å². The number of nitrogens with one attached hydrogen (secondary N) is 2. The van der Waals surface area contributed by atoms with Gasteiger partial charge in [0.15, 0.2) is 0 Å². The van der Waals surface area contributed by atoms with Crippen LogP contribution in [0, 0.1) is 12.8 Å². The predicted molar refractivity (Wildman–Crippen MR) is 71.7 cm³/mol. The van der Waals surface area contributed by atoms with Crippen molar-refractivity contribution in [3.05, 3.63) is 23.8 Å². The van der Waals surface area contributed by atoms with E-state index in [1.165, 1.54) is 6.42 Å². The quantitative estimate of drug-likeness (QED) is 0.764. The highest BCUT2D eigenvalue weighted by molar-refractivity contribution is 5.90. The number of phenolic OH excluding ortho intramolecular Hbond substituents is 1. The number of anilines is 1. The van der Waals surface area contributed by atoms with Gasteiger partial charge in [0, 0.05) is 18.2 Å². The highest BCUT2D eigenvalue weighted by atomic mass is 16.3. The van der Waals surface area contributed by atoms with Gasteiger partial charge in [-0.05, 0) is 50.4 Å². The molecule has 1 aromatic rings. The van der Waals surface area contributed by atoms with E-state index in [4.69, 9.17) is 0 Å². The number of rotatable bonds is 4. The Morgan fingerprint density at radius 1 is 1.56 bits per heavy atom. The zero-order valence-corrected chi connectivity index (χ0v) is 10.7. The summed E-state index contributed by atoms with van der Waals surface area (Å²) in [6.45, 7) is 3.92. The zero-order chi connectivity index (χ0) is 13.0. The van der Waals surface area contributed by atoms with Crippen LogP contribution in [-0.4, -0.2) is 24.1 Å². The van der Waals surface area contributed by atoms with Crippen LogP contribution in [0.5, 0.6) is 5.75 Å². The largest absolute Gasteiger partial charge is 0.508 e. The van der Waals surface area contributed by atoms with E-state index >= 15 is 0 Å². The van der Waals surface area contributed by atoms with Gasteiger partial charge in [0.05, 0.1) is 0 Å². The summed E-state index contributed by atoms with van der Waals surface area (Å²) in [5, 5.41) is 15.7. The topological polar surface area (TPSA) is 61.4 Å². The zero-order valence-electron chi connectivity index (χ0n) is 10.7. The normalized spacial score (nSPS) is 18.8. The van der Waals surface area contributed by atoms with E-state index in [0.717, 1.165) is 25.1 Å². The van der Waals surface area contributed by atoms with Crippen LogP contribution in [0.4, 0.5) is 5.69 Å². The summed E-state index contributed by atoms with van der Waals surface area (Å²) in [5.74, 6) is 0.861. The Labute approximate surface area is 107 Å². The fraction of sp³-hybridized carbons (Fsp3) is 0.500. The third-order valence-electron chi connectivity index (χ3n) is 3.43. The summed E-state index contributed by atoms with van der Waals surface area (Å²) in [6.07, 6.45) is 2.64. The second-order valence-corrected chi connectivity index (χ2v) is 4.95. The molecule has 1 unspecified atom stereocenters. The van der Waals surface area contributed by atoms with Gasteiger partial charge in [-0.3, -0.25) is 4.79 Å². The molecule has 1 saturated heterocycles. The van der Waals surface area contributed by atoms with E-state index in [-0.39, 0.29) is 11.7 Å². The van der Waals surface area contributed by atoms with Gasteiger partial charge in [-0.15, -0.1) is 0 Å². The van der Waals surface area contributed by atoms with Gasteiger partial charge in [-0.1, -0.05) is 6.07 Å². The number of aromatic hydroxyl groups is 1. The molecule has 0 saturated carbocycles. The van der Waals surface area contributed by atoms with Crippen molar-refractivity contribution < 1.29 is 9.90 Å². The summed E-state index contributed by atoms with van der Waals surface area (Å²) in [4.78, 5) is 11.8. The number of amides is 1. The molecule has 1 aromatic carbocycles. The SMILES string of the molecule is Cc1ccc(NC(=O)CCC2CCNC2)cc1O. The molecule has 98 valence electrons. The number of aryl methyl sites for hydroxylation is 1. The average molecular weight is 248 g/mol. The van der Waals surface area contributed by atoms with Gasteiger partial charge in [-0.25, -0.2) is 0 Å². The van der Waals surface area contributed by atoms with Crippen molar-refractivity contribution in [3.63, 3.8) is 0 Å². The Morgan fingerprint density at radius 3 is 3.06 bits per heavy atom. The summed E-state index contributed by atoms with van der Waals surface area (Å²) < 4.78 is 0. The van der Waals surface area contributed by atoms with Gasteiger partial charge < -0.3 is 15.7 Å². The lowest BCUT2D eigenvalue weighted by Crippen LogP contribution is -2.15. The van der Waals surface area contributed by atoms with E-state index in [9.17, 15) is 9.90 Å². The Hall–Kier alpha value is -1.55. The fourth-order valence-electron chi connectivity index (χ4n) is 2.21. The molecule has 0 spiro atoms. The molecule has 1 amide bonds. The lowest BCUT2D eigenvalue weighted by Gasteiger charge is -2.09. The molecule has 18 heavy (non-hydrogen) atoms. The second-order valence-electron chi connectivity index (χ2n) is 4.95. The van der Waals surface area contributed by atoms with Crippen molar-refractivity contribution in [2.75, 3.05) is 18.4 Å². The molecular formula is C14H20N2O2. The third kappa shape index (κ3) is 3.47. The van der Waals surface area contributed by atoms with Crippen LogP contribution in [0.2, 0.25) is 0 Å². The van der Waals surface area contributed by atoms with Gasteiger partial charge in [-0.2, -0.15) is 0 Å². The number of hydrogen-bond acceptors (Lipinski definition) is 3. The summed E-state index contributed by atoms with van der Waals surface area (Å²) >= 11 is 0. The maximum Gasteiger partial charge on any atom is 0.224 e. The molecule has 0 aliphatic carbocycles.